The molecule has 0 heterocycles. The monoisotopic (exact) mass is 549 g/mol. The van der Waals surface area contributed by atoms with Crippen LogP contribution < -0.4 is 0 Å². The van der Waals surface area contributed by atoms with Crippen LogP contribution in [0.15, 0.2) is 84.9 Å². The summed E-state index contributed by atoms with van der Waals surface area (Å²) in [5.41, 5.74) is 0. The van der Waals surface area contributed by atoms with E-state index in [4.69, 9.17) is 21.5 Å². The van der Waals surface area contributed by atoms with Gasteiger partial charge in [0.2, 0.25) is 0 Å². The summed E-state index contributed by atoms with van der Waals surface area (Å²) in [7, 11) is 9.50. The van der Waals surface area contributed by atoms with Crippen molar-refractivity contribution in [1.29, 1.82) is 0 Å². The van der Waals surface area contributed by atoms with Gasteiger partial charge in [0.15, 0.2) is 0 Å². The first kappa shape index (κ1) is 28.2. The Morgan fingerprint density at radius 3 is 1.58 bits per heavy atom. The maximum atomic E-state index is 5.39. The molecule has 168 valence electrons. The topological polar surface area (TPSA) is 9.23 Å². The molecule has 5 heteroatoms. The van der Waals surface area contributed by atoms with Crippen molar-refractivity contribution < 1.29 is 23.3 Å². The Balaban J connectivity index is 0.000000212. The Morgan fingerprint density at radius 2 is 1.29 bits per heavy atom. The molecule has 0 saturated heterocycles. The number of halogens is 2. The van der Waals surface area contributed by atoms with Gasteiger partial charge in [0.1, 0.15) is 8.32 Å². The van der Waals surface area contributed by atoms with Crippen LogP contribution in [-0.2, 0) is 23.3 Å². The number of fused-ring (bicyclic) bond motifs is 2. The summed E-state index contributed by atoms with van der Waals surface area (Å²) in [5.74, 6) is 0. The summed E-state index contributed by atoms with van der Waals surface area (Å²) in [5, 5.41) is 5.32. The van der Waals surface area contributed by atoms with E-state index in [1.165, 1.54) is 21.5 Å². The smallest absolute Gasteiger partial charge is 0.0809 e. The minimum atomic E-state index is -1.76. The van der Waals surface area contributed by atoms with Crippen LogP contribution in [0.3, 0.4) is 0 Å². The van der Waals surface area contributed by atoms with Crippen LogP contribution in [0.2, 0.25) is 19.6 Å². The minimum absolute atomic E-state index is 1.02. The van der Waals surface area contributed by atoms with Crippen molar-refractivity contribution in [2.45, 2.75) is 39.9 Å². The van der Waals surface area contributed by atoms with Crippen LogP contribution in [0.1, 0.15) is 20.3 Å². The first-order valence-corrected chi connectivity index (χ1v) is 21.6. The van der Waals surface area contributed by atoms with Crippen molar-refractivity contribution in [3.8, 4) is 0 Å². The van der Waals surface area contributed by atoms with Crippen molar-refractivity contribution in [2.75, 3.05) is 0 Å². The molecule has 0 unspecified atom stereocenters. The largest absolute Gasteiger partial charge is 0.168 e. The summed E-state index contributed by atoms with van der Waals surface area (Å²) in [6.07, 6.45) is 1.02. The molecule has 31 heavy (non-hydrogen) atoms. The Hall–Kier alpha value is -0.830. The molecule has 0 bridgehead atoms. The molecule has 0 aromatic heterocycles. The van der Waals surface area contributed by atoms with E-state index in [9.17, 15) is 0 Å². The molecule has 0 aliphatic carbocycles. The fourth-order valence-corrected chi connectivity index (χ4v) is 3.14. The average molecular weight is 552 g/mol. The van der Waals surface area contributed by atoms with Gasteiger partial charge in [-0.15, -0.1) is 59.3 Å². The predicted octanol–water partition coefficient (Wildman–Crippen LogP) is 9.26. The normalized spacial score (nSPS) is 10.2. The van der Waals surface area contributed by atoms with Crippen molar-refractivity contribution >= 4 is 50.6 Å². The fourth-order valence-electron chi connectivity index (χ4n) is 2.47. The van der Waals surface area contributed by atoms with Gasteiger partial charge >= 0.3 is 46.5 Å². The van der Waals surface area contributed by atoms with Gasteiger partial charge in [-0.05, 0) is 19.6 Å². The van der Waals surface area contributed by atoms with E-state index < -0.39 is 27.2 Å². The van der Waals surface area contributed by atoms with Crippen molar-refractivity contribution in [3.05, 3.63) is 91.5 Å². The Morgan fingerprint density at radius 1 is 0.871 bits per heavy atom. The molecule has 4 aromatic rings. The molecule has 0 amide bonds. The van der Waals surface area contributed by atoms with E-state index in [1.54, 1.807) is 0 Å². The van der Waals surface area contributed by atoms with E-state index >= 15 is 0 Å². The van der Waals surface area contributed by atoms with Crippen LogP contribution >= 0.6 is 17.0 Å². The second-order valence-electron chi connectivity index (χ2n) is 7.69. The zero-order valence-electron chi connectivity index (χ0n) is 19.1. The zero-order valence-corrected chi connectivity index (χ0v) is 24.1. The Labute approximate surface area is 204 Å². The van der Waals surface area contributed by atoms with E-state index in [1.807, 2.05) is 17.2 Å². The molecule has 0 aliphatic rings. The molecule has 0 saturated carbocycles. The molecule has 0 atom stereocenters. The van der Waals surface area contributed by atoms with Crippen LogP contribution in [0.25, 0.3) is 21.5 Å². The number of benzene rings is 2. The second kappa shape index (κ2) is 15.9. The molecule has 0 aliphatic heterocycles. The van der Waals surface area contributed by atoms with Crippen LogP contribution in [-0.4, -0.2) is 12.0 Å². The van der Waals surface area contributed by atoms with Crippen molar-refractivity contribution in [3.63, 3.8) is 0 Å². The van der Waals surface area contributed by atoms with Gasteiger partial charge in [-0.2, -0.15) is 41.5 Å². The molecule has 1 nitrogen and oxygen atoms in total. The maximum absolute atomic E-state index is 5.39. The fraction of sp³-hybridized carbons (Fsp3) is 0.231. The van der Waals surface area contributed by atoms with E-state index in [0.717, 1.165) is 6.42 Å². The third-order valence-electron chi connectivity index (χ3n) is 3.92. The third-order valence-corrected chi connectivity index (χ3v) is 8.45. The van der Waals surface area contributed by atoms with Crippen LogP contribution in [0.5, 0.6) is 0 Å². The third kappa shape index (κ3) is 13.3. The summed E-state index contributed by atoms with van der Waals surface area (Å²) in [4.78, 5) is 0. The summed E-state index contributed by atoms with van der Waals surface area (Å²) < 4.78 is 7.29. The number of rotatable bonds is 3. The van der Waals surface area contributed by atoms with Gasteiger partial charge in [0, 0.05) is 0 Å². The SMILES string of the molecule is CC[CH-]O[Si](C)(C)C.C[CH]=[Zr]([Cl])[Cl].c1ccc2[cH-]ccc2c1.c1ccc2[cH-]ccc2c1. The molecule has 0 N–H and O–H groups in total. The quantitative estimate of drug-likeness (QED) is 0.182. The Bertz CT molecular complexity index is 884. The molecule has 4 rings (SSSR count). The second-order valence-corrected chi connectivity index (χ2v) is 21.0. The van der Waals surface area contributed by atoms with Gasteiger partial charge in [-0.3, -0.25) is 0 Å². The van der Waals surface area contributed by atoms with Gasteiger partial charge in [0.25, 0.3) is 0 Å². The maximum Gasteiger partial charge on any atom is -0.0809 e. The summed E-state index contributed by atoms with van der Waals surface area (Å²) in [6.45, 7) is 12.4. The van der Waals surface area contributed by atoms with Gasteiger partial charge < -0.3 is 4.43 Å². The van der Waals surface area contributed by atoms with Gasteiger partial charge in [-0.25, -0.2) is 6.61 Å². The van der Waals surface area contributed by atoms with E-state index in [-0.39, 0.29) is 0 Å². The zero-order chi connectivity index (χ0) is 23.1. The van der Waals surface area contributed by atoms with Crippen molar-refractivity contribution in [2.24, 2.45) is 0 Å². The number of hydrogen-bond donors (Lipinski definition) is 0. The van der Waals surface area contributed by atoms with Crippen LogP contribution in [0, 0.1) is 6.61 Å². The average Bonchev–Trinajstić information content (AvgIpc) is 3.42. The van der Waals surface area contributed by atoms with Crippen LogP contribution in [0.4, 0.5) is 0 Å². The molecular weight excluding hydrogens is 519 g/mol. The number of hydrogen-bond acceptors (Lipinski definition) is 1. The van der Waals surface area contributed by atoms with E-state index in [0.29, 0.717) is 0 Å². The first-order chi connectivity index (χ1) is 14.8. The standard InChI is InChI=1S/2C9H7.C6H15OSi.C2H4.2ClH.Zr/c2*1-2-5-9-7-3-6-8(9)4-1;1-5-6-7-8(2,3)4;1-2;;;/h2*1-7H;6H,5H2,1-4H3;1H,2H3;2*1H;/q3*-1;;;;+2/p-2. The first-order valence-electron chi connectivity index (χ1n) is 10.4. The molecule has 4 aromatic carbocycles. The molecule has 0 radical (unpaired) electrons. The Kier molecular flexibility index (Phi) is 14.5. The van der Waals surface area contributed by atoms with Gasteiger partial charge in [-0.1, -0.05) is 19.1 Å². The molecule has 0 spiro atoms. The summed E-state index contributed by atoms with van der Waals surface area (Å²) >= 11 is -1.76. The van der Waals surface area contributed by atoms with Crippen molar-refractivity contribution in [1.82, 2.24) is 0 Å². The summed E-state index contributed by atoms with van der Waals surface area (Å²) in [6, 6.07) is 29.3. The molecule has 0 fully saturated rings. The molecular formula is C26H33Cl2OSiZr-3. The minimum Gasteiger partial charge on any atom is -0.168 e. The predicted molar refractivity (Wildman–Crippen MR) is 142 cm³/mol. The van der Waals surface area contributed by atoms with E-state index in [2.05, 4.69) is 111 Å². The van der Waals surface area contributed by atoms with Gasteiger partial charge in [0.05, 0.1) is 0 Å².